The van der Waals surface area contributed by atoms with Gasteiger partial charge in [0.1, 0.15) is 5.75 Å². The first-order chi connectivity index (χ1) is 13.1. The van der Waals surface area contributed by atoms with E-state index in [4.69, 9.17) is 9.47 Å². The van der Waals surface area contributed by atoms with E-state index in [2.05, 4.69) is 4.98 Å². The highest BCUT2D eigenvalue weighted by Gasteiger charge is 2.25. The first kappa shape index (κ1) is 17.1. The molecule has 0 saturated carbocycles. The van der Waals surface area contributed by atoms with Gasteiger partial charge in [0.25, 0.3) is 5.91 Å². The lowest BCUT2D eigenvalue weighted by atomic mass is 10.0. The van der Waals surface area contributed by atoms with Gasteiger partial charge in [-0.2, -0.15) is 0 Å². The standard InChI is InChI=1S/C21H20N2O4/c1-26-15-5-3-4-13(10-15)20(24)23-9-8-19-17(12-23)16-11-14(21(25)27-2)6-7-18(16)22-19/h3-7,10-11,22H,8-9,12H2,1-2H3. The summed E-state index contributed by atoms with van der Waals surface area (Å²) >= 11 is 0. The minimum atomic E-state index is -0.369. The lowest BCUT2D eigenvalue weighted by Crippen LogP contribution is -2.35. The molecule has 1 N–H and O–H groups in total. The number of aromatic nitrogens is 1. The smallest absolute Gasteiger partial charge is 0.337 e. The van der Waals surface area contributed by atoms with Crippen LogP contribution in [-0.4, -0.2) is 42.5 Å². The van der Waals surface area contributed by atoms with Crippen molar-refractivity contribution < 1.29 is 19.1 Å². The number of carbonyl (C=O) groups is 2. The zero-order valence-corrected chi connectivity index (χ0v) is 15.2. The van der Waals surface area contributed by atoms with Crippen molar-refractivity contribution >= 4 is 22.8 Å². The largest absolute Gasteiger partial charge is 0.497 e. The molecule has 1 aromatic heterocycles. The predicted octanol–water partition coefficient (Wildman–Crippen LogP) is 3.16. The van der Waals surface area contributed by atoms with Gasteiger partial charge in [0.05, 0.1) is 19.8 Å². The van der Waals surface area contributed by atoms with Crippen LogP contribution in [0.1, 0.15) is 32.0 Å². The van der Waals surface area contributed by atoms with Gasteiger partial charge in [-0.15, -0.1) is 0 Å². The average Bonchev–Trinajstić information content (AvgIpc) is 3.09. The van der Waals surface area contributed by atoms with E-state index >= 15 is 0 Å². The second kappa shape index (κ2) is 6.79. The normalized spacial score (nSPS) is 13.3. The number of fused-ring (bicyclic) bond motifs is 3. The van der Waals surface area contributed by atoms with Crippen LogP contribution in [0.2, 0.25) is 0 Å². The summed E-state index contributed by atoms with van der Waals surface area (Å²) in [4.78, 5) is 30.0. The van der Waals surface area contributed by atoms with Crippen molar-refractivity contribution in [3.8, 4) is 5.75 Å². The zero-order valence-electron chi connectivity index (χ0n) is 15.2. The first-order valence-electron chi connectivity index (χ1n) is 8.76. The fourth-order valence-corrected chi connectivity index (χ4v) is 3.57. The van der Waals surface area contributed by atoms with Crippen molar-refractivity contribution in [2.45, 2.75) is 13.0 Å². The molecule has 0 saturated heterocycles. The van der Waals surface area contributed by atoms with Crippen molar-refractivity contribution in [3.05, 3.63) is 64.8 Å². The molecule has 1 aliphatic rings. The lowest BCUT2D eigenvalue weighted by Gasteiger charge is -2.27. The number of ether oxygens (including phenoxy) is 2. The Balaban J connectivity index is 1.67. The fourth-order valence-electron chi connectivity index (χ4n) is 3.57. The van der Waals surface area contributed by atoms with Gasteiger partial charge < -0.3 is 19.4 Å². The number of benzene rings is 2. The van der Waals surface area contributed by atoms with Gasteiger partial charge in [0.2, 0.25) is 0 Å². The number of esters is 1. The van der Waals surface area contributed by atoms with E-state index in [1.165, 1.54) is 7.11 Å². The van der Waals surface area contributed by atoms with Gasteiger partial charge in [-0.05, 0) is 36.4 Å². The molecule has 0 radical (unpaired) electrons. The summed E-state index contributed by atoms with van der Waals surface area (Å²) in [7, 11) is 2.95. The Morgan fingerprint density at radius 3 is 2.70 bits per heavy atom. The molecule has 6 heteroatoms. The molecule has 1 aliphatic heterocycles. The molecule has 2 aromatic carbocycles. The second-order valence-corrected chi connectivity index (χ2v) is 6.54. The first-order valence-corrected chi connectivity index (χ1v) is 8.76. The highest BCUT2D eigenvalue weighted by molar-refractivity contribution is 5.97. The number of nitrogens with one attached hydrogen (secondary N) is 1. The molecule has 0 fully saturated rings. The summed E-state index contributed by atoms with van der Waals surface area (Å²) in [6.07, 6.45) is 0.743. The molecule has 2 heterocycles. The molecular formula is C21H20N2O4. The number of amides is 1. The third-order valence-electron chi connectivity index (χ3n) is 5.00. The van der Waals surface area contributed by atoms with E-state index in [0.717, 1.165) is 28.6 Å². The third kappa shape index (κ3) is 3.03. The lowest BCUT2D eigenvalue weighted by molar-refractivity contribution is 0.0600. The number of nitrogens with zero attached hydrogens (tertiary/aromatic N) is 1. The predicted molar refractivity (Wildman–Crippen MR) is 101 cm³/mol. The summed E-state index contributed by atoms with van der Waals surface area (Å²) in [5.41, 5.74) is 4.24. The highest BCUT2D eigenvalue weighted by Crippen LogP contribution is 2.29. The van der Waals surface area contributed by atoms with Gasteiger partial charge in [0, 0.05) is 47.2 Å². The van der Waals surface area contributed by atoms with E-state index in [9.17, 15) is 9.59 Å². The van der Waals surface area contributed by atoms with E-state index < -0.39 is 0 Å². The Morgan fingerprint density at radius 2 is 1.93 bits per heavy atom. The van der Waals surface area contributed by atoms with Crippen molar-refractivity contribution in [1.29, 1.82) is 0 Å². The van der Waals surface area contributed by atoms with Gasteiger partial charge in [-0.25, -0.2) is 4.79 Å². The number of carbonyl (C=O) groups excluding carboxylic acids is 2. The summed E-state index contributed by atoms with van der Waals surface area (Å²) in [5.74, 6) is 0.262. The van der Waals surface area contributed by atoms with E-state index in [-0.39, 0.29) is 11.9 Å². The molecule has 138 valence electrons. The maximum Gasteiger partial charge on any atom is 0.337 e. The van der Waals surface area contributed by atoms with Gasteiger partial charge in [-0.1, -0.05) is 6.07 Å². The van der Waals surface area contributed by atoms with Gasteiger partial charge in [0.15, 0.2) is 0 Å². The Hall–Kier alpha value is -3.28. The summed E-state index contributed by atoms with van der Waals surface area (Å²) in [5, 5.41) is 0.955. The molecule has 0 spiro atoms. The molecule has 27 heavy (non-hydrogen) atoms. The van der Waals surface area contributed by atoms with Crippen molar-refractivity contribution in [3.63, 3.8) is 0 Å². The number of H-pyrrole nitrogens is 1. The molecule has 0 aliphatic carbocycles. The fraction of sp³-hybridized carbons (Fsp3) is 0.238. The minimum absolute atomic E-state index is 0.0296. The minimum Gasteiger partial charge on any atom is -0.497 e. The van der Waals surface area contributed by atoms with Crippen LogP contribution in [0, 0.1) is 0 Å². The third-order valence-corrected chi connectivity index (χ3v) is 5.00. The van der Waals surface area contributed by atoms with E-state index in [1.807, 2.05) is 29.2 Å². The number of methoxy groups -OCH3 is 2. The van der Waals surface area contributed by atoms with Crippen LogP contribution in [-0.2, 0) is 17.7 Å². The number of hydrogen-bond donors (Lipinski definition) is 1. The molecule has 0 atom stereocenters. The number of hydrogen-bond acceptors (Lipinski definition) is 4. The Bertz CT molecular complexity index is 1040. The Kier molecular flexibility index (Phi) is 4.32. The molecule has 1 amide bonds. The van der Waals surface area contributed by atoms with Gasteiger partial charge in [-0.3, -0.25) is 4.79 Å². The van der Waals surface area contributed by atoms with Crippen LogP contribution in [0.15, 0.2) is 42.5 Å². The quantitative estimate of drug-likeness (QED) is 0.725. The van der Waals surface area contributed by atoms with Gasteiger partial charge >= 0.3 is 5.97 Å². The summed E-state index contributed by atoms with van der Waals surface area (Å²) < 4.78 is 10.0. The summed E-state index contributed by atoms with van der Waals surface area (Å²) in [6.45, 7) is 1.13. The number of aromatic amines is 1. The maximum atomic E-state index is 12.9. The SMILES string of the molecule is COC(=O)c1ccc2[nH]c3c(c2c1)CN(C(=O)c1cccc(OC)c1)CC3. The maximum absolute atomic E-state index is 12.9. The molecule has 4 rings (SSSR count). The summed E-state index contributed by atoms with van der Waals surface area (Å²) in [6, 6.07) is 12.6. The molecule has 0 bridgehead atoms. The van der Waals surface area contributed by atoms with Crippen molar-refractivity contribution in [1.82, 2.24) is 9.88 Å². The monoisotopic (exact) mass is 364 g/mol. The topological polar surface area (TPSA) is 71.6 Å². The average molecular weight is 364 g/mol. The molecule has 3 aromatic rings. The highest BCUT2D eigenvalue weighted by atomic mass is 16.5. The molecule has 6 nitrogen and oxygen atoms in total. The van der Waals surface area contributed by atoms with Crippen molar-refractivity contribution in [2.24, 2.45) is 0 Å². The van der Waals surface area contributed by atoms with Crippen LogP contribution in [0.5, 0.6) is 5.75 Å². The van der Waals surface area contributed by atoms with Crippen LogP contribution >= 0.6 is 0 Å². The molecule has 0 unspecified atom stereocenters. The molecular weight excluding hydrogens is 344 g/mol. The van der Waals surface area contributed by atoms with Crippen LogP contribution in [0.3, 0.4) is 0 Å². The number of rotatable bonds is 3. The van der Waals surface area contributed by atoms with Crippen molar-refractivity contribution in [2.75, 3.05) is 20.8 Å². The van der Waals surface area contributed by atoms with Crippen LogP contribution in [0.25, 0.3) is 10.9 Å². The Labute approximate surface area is 156 Å². The Morgan fingerprint density at radius 1 is 1.07 bits per heavy atom. The van der Waals surface area contributed by atoms with E-state index in [0.29, 0.717) is 30.0 Å². The van der Waals surface area contributed by atoms with E-state index in [1.54, 1.807) is 25.3 Å². The van der Waals surface area contributed by atoms with Crippen LogP contribution < -0.4 is 4.74 Å². The second-order valence-electron chi connectivity index (χ2n) is 6.54. The zero-order chi connectivity index (χ0) is 19.0. The van der Waals surface area contributed by atoms with Crippen LogP contribution in [0.4, 0.5) is 0 Å².